The molecule has 0 saturated carbocycles. The number of hydrogen-bond acceptors (Lipinski definition) is 2. The van der Waals surface area contributed by atoms with E-state index in [0.29, 0.717) is 5.92 Å². The third-order valence-electron chi connectivity index (χ3n) is 3.50. The second-order valence-corrected chi connectivity index (χ2v) is 4.50. The maximum Gasteiger partial charge on any atom is 0.320 e. The Morgan fingerprint density at radius 1 is 1.27 bits per heavy atom. The summed E-state index contributed by atoms with van der Waals surface area (Å²) in [4.78, 5) is 15.8. The Balaban J connectivity index is 1.82. The van der Waals surface area contributed by atoms with E-state index >= 15 is 0 Å². The van der Waals surface area contributed by atoms with Crippen LogP contribution in [0.2, 0.25) is 0 Å². The lowest BCUT2D eigenvalue weighted by molar-refractivity contribution is 0.182. The fourth-order valence-electron chi connectivity index (χ4n) is 2.47. The van der Waals surface area contributed by atoms with Crippen molar-refractivity contribution in [2.75, 3.05) is 39.3 Å². The smallest absolute Gasteiger partial charge is 0.320 e. The van der Waals surface area contributed by atoms with Gasteiger partial charge in [0.25, 0.3) is 0 Å². The standard InChI is InChI=1S/C11H21N3O/c1-2-13-7-8-14(11(13)15)9-10-3-5-12-6-4-10/h10,12H,2-9H2,1H3. The number of hydrogen-bond donors (Lipinski definition) is 1. The van der Waals surface area contributed by atoms with Crippen molar-refractivity contribution in [2.24, 2.45) is 5.92 Å². The first-order valence-electron chi connectivity index (χ1n) is 6.06. The summed E-state index contributed by atoms with van der Waals surface area (Å²) in [5.74, 6) is 0.715. The van der Waals surface area contributed by atoms with Gasteiger partial charge in [-0.2, -0.15) is 0 Å². The normalized spacial score (nSPS) is 23.9. The average Bonchev–Trinajstić information content (AvgIpc) is 2.62. The van der Waals surface area contributed by atoms with Gasteiger partial charge in [-0.1, -0.05) is 0 Å². The SMILES string of the molecule is CCN1CCN(CC2CCNCC2)C1=O. The fraction of sp³-hybridized carbons (Fsp3) is 0.909. The number of carbonyl (C=O) groups excluding carboxylic acids is 1. The summed E-state index contributed by atoms with van der Waals surface area (Å²) < 4.78 is 0. The lowest BCUT2D eigenvalue weighted by Gasteiger charge is -2.27. The maximum atomic E-state index is 11.8. The minimum atomic E-state index is 0.246. The first-order chi connectivity index (χ1) is 7.31. The third kappa shape index (κ3) is 2.43. The number of nitrogens with one attached hydrogen (secondary N) is 1. The summed E-state index contributed by atoms with van der Waals surface area (Å²) in [7, 11) is 0. The van der Waals surface area contributed by atoms with E-state index in [-0.39, 0.29) is 6.03 Å². The maximum absolute atomic E-state index is 11.8. The van der Waals surface area contributed by atoms with Gasteiger partial charge in [0.05, 0.1) is 0 Å². The predicted molar refractivity (Wildman–Crippen MR) is 59.8 cm³/mol. The van der Waals surface area contributed by atoms with E-state index in [1.807, 2.05) is 16.7 Å². The summed E-state index contributed by atoms with van der Waals surface area (Å²) >= 11 is 0. The molecule has 2 saturated heterocycles. The molecule has 2 heterocycles. The second-order valence-electron chi connectivity index (χ2n) is 4.50. The molecule has 0 unspecified atom stereocenters. The minimum Gasteiger partial charge on any atom is -0.323 e. The van der Waals surface area contributed by atoms with Crippen LogP contribution in [0, 0.1) is 5.92 Å². The van der Waals surface area contributed by atoms with Gasteiger partial charge < -0.3 is 15.1 Å². The fourth-order valence-corrected chi connectivity index (χ4v) is 2.47. The van der Waals surface area contributed by atoms with Crippen LogP contribution in [0.4, 0.5) is 4.79 Å². The topological polar surface area (TPSA) is 35.6 Å². The Hall–Kier alpha value is -0.770. The highest BCUT2D eigenvalue weighted by atomic mass is 16.2. The van der Waals surface area contributed by atoms with Crippen LogP contribution in [0.3, 0.4) is 0 Å². The molecule has 2 amide bonds. The average molecular weight is 211 g/mol. The molecule has 0 aliphatic carbocycles. The second kappa shape index (κ2) is 4.84. The van der Waals surface area contributed by atoms with Gasteiger partial charge in [-0.25, -0.2) is 4.79 Å². The highest BCUT2D eigenvalue weighted by molar-refractivity contribution is 5.76. The van der Waals surface area contributed by atoms with Crippen LogP contribution in [-0.2, 0) is 0 Å². The van der Waals surface area contributed by atoms with Gasteiger partial charge in [0, 0.05) is 26.2 Å². The number of rotatable bonds is 3. The molecule has 2 aliphatic rings. The summed E-state index contributed by atoms with van der Waals surface area (Å²) in [6, 6.07) is 0.246. The van der Waals surface area contributed by atoms with Gasteiger partial charge in [0.15, 0.2) is 0 Å². The van der Waals surface area contributed by atoms with Crippen molar-refractivity contribution in [3.8, 4) is 0 Å². The number of amides is 2. The number of piperidine rings is 1. The summed E-state index contributed by atoms with van der Waals surface area (Å²) in [5, 5.41) is 3.36. The summed E-state index contributed by atoms with van der Waals surface area (Å²) in [6.07, 6.45) is 2.44. The Labute approximate surface area is 91.6 Å². The molecule has 2 rings (SSSR count). The quantitative estimate of drug-likeness (QED) is 0.747. The van der Waals surface area contributed by atoms with Crippen LogP contribution in [0.15, 0.2) is 0 Å². The van der Waals surface area contributed by atoms with E-state index in [9.17, 15) is 4.79 Å². The first kappa shape index (κ1) is 10.7. The van der Waals surface area contributed by atoms with E-state index < -0.39 is 0 Å². The minimum absolute atomic E-state index is 0.246. The van der Waals surface area contributed by atoms with Crippen LogP contribution in [0.25, 0.3) is 0 Å². The van der Waals surface area contributed by atoms with Gasteiger partial charge in [-0.15, -0.1) is 0 Å². The van der Waals surface area contributed by atoms with Gasteiger partial charge >= 0.3 is 6.03 Å². The molecule has 2 aliphatic heterocycles. The Morgan fingerprint density at radius 2 is 1.93 bits per heavy atom. The zero-order valence-electron chi connectivity index (χ0n) is 9.54. The predicted octanol–water partition coefficient (Wildman–Crippen LogP) is 0.743. The van der Waals surface area contributed by atoms with Crippen molar-refractivity contribution in [1.82, 2.24) is 15.1 Å². The van der Waals surface area contributed by atoms with Crippen molar-refractivity contribution >= 4 is 6.03 Å². The van der Waals surface area contributed by atoms with Gasteiger partial charge in [0.1, 0.15) is 0 Å². The molecule has 4 nitrogen and oxygen atoms in total. The molecule has 4 heteroatoms. The van der Waals surface area contributed by atoms with Gasteiger partial charge in [-0.05, 0) is 38.8 Å². The monoisotopic (exact) mass is 211 g/mol. The van der Waals surface area contributed by atoms with E-state index in [0.717, 1.165) is 39.3 Å². The van der Waals surface area contributed by atoms with Crippen LogP contribution in [-0.4, -0.2) is 55.1 Å². The third-order valence-corrected chi connectivity index (χ3v) is 3.50. The Kier molecular flexibility index (Phi) is 3.46. The molecule has 0 aromatic rings. The van der Waals surface area contributed by atoms with E-state index in [1.165, 1.54) is 12.8 Å². The van der Waals surface area contributed by atoms with Gasteiger partial charge in [0.2, 0.25) is 0 Å². The zero-order valence-corrected chi connectivity index (χ0v) is 9.54. The largest absolute Gasteiger partial charge is 0.323 e. The van der Waals surface area contributed by atoms with Crippen LogP contribution in [0.5, 0.6) is 0 Å². The molecule has 0 radical (unpaired) electrons. The molecule has 0 aromatic carbocycles. The van der Waals surface area contributed by atoms with Gasteiger partial charge in [-0.3, -0.25) is 0 Å². The highest BCUT2D eigenvalue weighted by Crippen LogP contribution is 2.17. The Morgan fingerprint density at radius 3 is 2.53 bits per heavy atom. The van der Waals surface area contributed by atoms with Crippen molar-refractivity contribution in [1.29, 1.82) is 0 Å². The first-order valence-corrected chi connectivity index (χ1v) is 6.06. The molecule has 0 atom stereocenters. The lowest BCUT2D eigenvalue weighted by atomic mass is 9.98. The van der Waals surface area contributed by atoms with E-state index in [4.69, 9.17) is 0 Å². The van der Waals surface area contributed by atoms with Crippen molar-refractivity contribution < 1.29 is 4.79 Å². The number of nitrogens with zero attached hydrogens (tertiary/aromatic N) is 2. The van der Waals surface area contributed by atoms with Crippen molar-refractivity contribution in [3.05, 3.63) is 0 Å². The van der Waals surface area contributed by atoms with Crippen molar-refractivity contribution in [2.45, 2.75) is 19.8 Å². The molecule has 0 spiro atoms. The zero-order chi connectivity index (χ0) is 10.7. The van der Waals surface area contributed by atoms with E-state index in [1.54, 1.807) is 0 Å². The molecule has 1 N–H and O–H groups in total. The van der Waals surface area contributed by atoms with Crippen LogP contribution in [0.1, 0.15) is 19.8 Å². The molecular formula is C11H21N3O. The molecule has 15 heavy (non-hydrogen) atoms. The summed E-state index contributed by atoms with van der Waals surface area (Å²) in [5.41, 5.74) is 0. The molecule has 86 valence electrons. The lowest BCUT2D eigenvalue weighted by Crippen LogP contribution is -2.38. The highest BCUT2D eigenvalue weighted by Gasteiger charge is 2.29. The van der Waals surface area contributed by atoms with Crippen LogP contribution >= 0.6 is 0 Å². The number of urea groups is 1. The molecule has 0 bridgehead atoms. The Bertz CT molecular complexity index is 226. The molecule has 2 fully saturated rings. The number of carbonyl (C=O) groups is 1. The van der Waals surface area contributed by atoms with Crippen molar-refractivity contribution in [3.63, 3.8) is 0 Å². The number of likely N-dealkylation sites (N-methyl/N-ethyl adjacent to an activating group) is 1. The summed E-state index contributed by atoms with van der Waals surface area (Å²) in [6.45, 7) is 7.94. The van der Waals surface area contributed by atoms with E-state index in [2.05, 4.69) is 5.32 Å². The molecule has 0 aromatic heterocycles. The molecular weight excluding hydrogens is 190 g/mol. The van der Waals surface area contributed by atoms with Crippen LogP contribution < -0.4 is 5.32 Å².